The fraction of sp³-hybridized carbons (Fsp3) is 0.920. The van der Waals surface area contributed by atoms with Gasteiger partial charge >= 0.3 is 0 Å². The third kappa shape index (κ3) is 6.34. The predicted octanol–water partition coefficient (Wildman–Crippen LogP) is 0.687. The average Bonchev–Trinajstić information content (AvgIpc) is 3.47. The fourth-order valence-electron chi connectivity index (χ4n) is 7.06. The lowest BCUT2D eigenvalue weighted by Gasteiger charge is -2.45. The van der Waals surface area contributed by atoms with E-state index in [2.05, 4.69) is 33.5 Å². The van der Waals surface area contributed by atoms with Crippen molar-refractivity contribution in [2.45, 2.75) is 79.3 Å². The highest BCUT2D eigenvalue weighted by Gasteiger charge is 2.49. The molecule has 0 aromatic heterocycles. The van der Waals surface area contributed by atoms with Gasteiger partial charge in [-0.05, 0) is 44.6 Å². The van der Waals surface area contributed by atoms with Gasteiger partial charge in [-0.15, -0.1) is 23.4 Å². The number of alkyl halides is 4. The minimum Gasteiger partial charge on any atom is -0.380 e. The molecule has 5 N–H and O–H groups in total. The predicted molar refractivity (Wildman–Crippen MR) is 143 cm³/mol. The number of piperidine rings is 3. The normalized spacial score (nSPS) is 44.8. The number of nitrogens with one attached hydrogen (secondary N) is 5. The zero-order valence-corrected chi connectivity index (χ0v) is 23.8. The molecule has 5 rings (SSSR count). The Morgan fingerprint density at radius 3 is 2.64 bits per heavy atom. The molecule has 0 aliphatic carbocycles. The Morgan fingerprint density at radius 1 is 1.13 bits per heavy atom. The van der Waals surface area contributed by atoms with Gasteiger partial charge in [-0.1, -0.05) is 0 Å². The molecule has 39 heavy (non-hydrogen) atoms. The van der Waals surface area contributed by atoms with Crippen LogP contribution in [0.4, 0.5) is 13.2 Å². The van der Waals surface area contributed by atoms with Gasteiger partial charge in [0.15, 0.2) is 0 Å². The van der Waals surface area contributed by atoms with Crippen LogP contribution in [0.2, 0.25) is 0 Å². The zero-order valence-electron chi connectivity index (χ0n) is 22.3. The fourth-order valence-corrected chi connectivity index (χ4v) is 8.76. The number of fused-ring (bicyclic) bond motifs is 1. The standard InChI is InChI=1S/C25H40ClF3N6O3S/c1-11-5-13(14-6-19(26)32-8-17(14)38-2)15(7-31-11)23(36)34-25-33-16-9-35(10-18(16)39-25)24(37)21-20(27)12(22(28)29)3-4-30-21/h11-22,25,30-33H,3-10H2,1-2H3,(H,34,36). The van der Waals surface area contributed by atoms with E-state index in [0.717, 1.165) is 12.8 Å². The van der Waals surface area contributed by atoms with Crippen molar-refractivity contribution >= 4 is 35.2 Å². The van der Waals surface area contributed by atoms with Crippen LogP contribution in [0.5, 0.6) is 0 Å². The second kappa shape index (κ2) is 12.6. The van der Waals surface area contributed by atoms with E-state index < -0.39 is 30.5 Å². The monoisotopic (exact) mass is 596 g/mol. The van der Waals surface area contributed by atoms with Crippen LogP contribution in [0, 0.1) is 23.7 Å². The van der Waals surface area contributed by atoms with E-state index in [9.17, 15) is 22.8 Å². The van der Waals surface area contributed by atoms with Crippen LogP contribution in [0.25, 0.3) is 0 Å². The summed E-state index contributed by atoms with van der Waals surface area (Å²) in [7, 11) is 1.70. The number of rotatable bonds is 6. The second-order valence-electron chi connectivity index (χ2n) is 11.6. The van der Waals surface area contributed by atoms with E-state index >= 15 is 0 Å². The summed E-state index contributed by atoms with van der Waals surface area (Å²) in [6.07, 6.45) is -3.10. The molecular weight excluding hydrogens is 557 g/mol. The summed E-state index contributed by atoms with van der Waals surface area (Å²) in [5.41, 5.74) is -0.452. The zero-order chi connectivity index (χ0) is 27.8. The molecule has 12 unspecified atom stereocenters. The van der Waals surface area contributed by atoms with Gasteiger partial charge in [-0.3, -0.25) is 20.2 Å². The van der Waals surface area contributed by atoms with E-state index in [4.69, 9.17) is 16.3 Å². The van der Waals surface area contributed by atoms with Crippen molar-refractivity contribution in [1.29, 1.82) is 0 Å². The molecule has 0 spiro atoms. The van der Waals surface area contributed by atoms with Crippen LogP contribution < -0.4 is 26.6 Å². The molecule has 5 aliphatic heterocycles. The molecule has 0 aromatic carbocycles. The quantitative estimate of drug-likeness (QED) is 0.225. The number of amides is 2. The van der Waals surface area contributed by atoms with Crippen molar-refractivity contribution in [2.24, 2.45) is 23.7 Å². The summed E-state index contributed by atoms with van der Waals surface area (Å²) in [6.45, 7) is 4.28. The van der Waals surface area contributed by atoms with E-state index in [-0.39, 0.29) is 65.0 Å². The Bertz CT molecular complexity index is 884. The van der Waals surface area contributed by atoms with Crippen LogP contribution in [0.15, 0.2) is 0 Å². The van der Waals surface area contributed by atoms with E-state index in [1.165, 1.54) is 0 Å². The number of ether oxygens (including phenoxy) is 1. The highest BCUT2D eigenvalue weighted by atomic mass is 35.5. The Kier molecular flexibility index (Phi) is 9.57. The lowest BCUT2D eigenvalue weighted by atomic mass is 9.70. The summed E-state index contributed by atoms with van der Waals surface area (Å²) in [5.74, 6) is -1.85. The number of carbonyl (C=O) groups excluding carboxylic acids is 2. The number of hydrogen-bond acceptors (Lipinski definition) is 8. The summed E-state index contributed by atoms with van der Waals surface area (Å²) < 4.78 is 46.9. The molecular formula is C25H40ClF3N6O3S. The van der Waals surface area contributed by atoms with Crippen molar-refractivity contribution in [3.63, 3.8) is 0 Å². The molecule has 2 amide bonds. The molecule has 5 heterocycles. The molecule has 0 aromatic rings. The van der Waals surface area contributed by atoms with Gasteiger partial charge in [0, 0.05) is 50.6 Å². The number of methoxy groups -OCH3 is 1. The van der Waals surface area contributed by atoms with Gasteiger partial charge in [0.05, 0.1) is 23.4 Å². The summed E-state index contributed by atoms with van der Waals surface area (Å²) in [6, 6.07) is -1.02. The SMILES string of the molecule is COC1CNC(Cl)CC1C1CC(C)NCC1C(=O)NC1NC2CN(C(=O)C3NCCC(C(F)F)C3F)CC2S1. The molecule has 0 radical (unpaired) electrons. The van der Waals surface area contributed by atoms with E-state index in [1.54, 1.807) is 23.8 Å². The van der Waals surface area contributed by atoms with Gasteiger partial charge in [0.2, 0.25) is 18.2 Å². The number of likely N-dealkylation sites (tertiary alicyclic amines) is 1. The van der Waals surface area contributed by atoms with Crippen molar-refractivity contribution in [3.8, 4) is 0 Å². The number of carbonyl (C=O) groups is 2. The van der Waals surface area contributed by atoms with Gasteiger partial charge in [0.25, 0.3) is 0 Å². The first-order valence-electron chi connectivity index (χ1n) is 14.0. The molecule has 0 saturated carbocycles. The molecule has 12 atom stereocenters. The van der Waals surface area contributed by atoms with Gasteiger partial charge in [0.1, 0.15) is 17.7 Å². The van der Waals surface area contributed by atoms with Crippen molar-refractivity contribution in [1.82, 2.24) is 31.5 Å². The maximum absolute atomic E-state index is 14.7. The molecule has 5 saturated heterocycles. The van der Waals surface area contributed by atoms with Gasteiger partial charge in [-0.2, -0.15) is 0 Å². The van der Waals surface area contributed by atoms with Gasteiger partial charge in [-0.25, -0.2) is 13.2 Å². The number of thioether (sulfide) groups is 1. The maximum atomic E-state index is 14.7. The largest absolute Gasteiger partial charge is 0.380 e. The number of hydrogen-bond donors (Lipinski definition) is 5. The third-order valence-corrected chi connectivity index (χ3v) is 10.9. The minimum absolute atomic E-state index is 0.00833. The van der Waals surface area contributed by atoms with Crippen LogP contribution >= 0.6 is 23.4 Å². The van der Waals surface area contributed by atoms with E-state index in [1.807, 2.05) is 0 Å². The average molecular weight is 597 g/mol. The van der Waals surface area contributed by atoms with Crippen LogP contribution in [0.3, 0.4) is 0 Å². The molecule has 5 aliphatic rings. The maximum Gasteiger partial charge on any atom is 0.244 e. The highest BCUT2D eigenvalue weighted by Crippen LogP contribution is 2.39. The van der Waals surface area contributed by atoms with Crippen LogP contribution in [-0.4, -0.2) is 110 Å². The second-order valence-corrected chi connectivity index (χ2v) is 13.5. The first-order chi connectivity index (χ1) is 18.7. The van der Waals surface area contributed by atoms with Gasteiger partial charge < -0.3 is 25.6 Å². The Labute approximate surface area is 236 Å². The van der Waals surface area contributed by atoms with Crippen molar-refractivity contribution < 1.29 is 27.5 Å². The molecule has 9 nitrogen and oxygen atoms in total. The van der Waals surface area contributed by atoms with Crippen molar-refractivity contribution in [2.75, 3.05) is 39.8 Å². The number of nitrogens with zero attached hydrogens (tertiary/aromatic N) is 1. The first-order valence-corrected chi connectivity index (χ1v) is 15.3. The molecule has 5 fully saturated rings. The summed E-state index contributed by atoms with van der Waals surface area (Å²) in [5, 5.41) is 16.1. The van der Waals surface area contributed by atoms with Crippen LogP contribution in [-0.2, 0) is 14.3 Å². The molecule has 14 heteroatoms. The summed E-state index contributed by atoms with van der Waals surface area (Å²) in [4.78, 5) is 28.1. The molecule has 0 bridgehead atoms. The Hall–Kier alpha value is -0.830. The minimum atomic E-state index is -2.79. The lowest BCUT2D eigenvalue weighted by molar-refractivity contribution is -0.137. The summed E-state index contributed by atoms with van der Waals surface area (Å²) >= 11 is 7.98. The Balaban J connectivity index is 1.16. The van der Waals surface area contributed by atoms with Crippen LogP contribution in [0.1, 0.15) is 26.2 Å². The third-order valence-electron chi connectivity index (χ3n) is 9.20. The topological polar surface area (TPSA) is 107 Å². The Morgan fingerprint density at radius 2 is 1.92 bits per heavy atom. The van der Waals surface area contributed by atoms with E-state index in [0.29, 0.717) is 32.2 Å². The highest BCUT2D eigenvalue weighted by molar-refractivity contribution is 8.00. The first kappa shape index (κ1) is 29.7. The lowest BCUT2D eigenvalue weighted by Crippen LogP contribution is -2.58. The van der Waals surface area contributed by atoms with Crippen molar-refractivity contribution in [3.05, 3.63) is 0 Å². The molecule has 222 valence electrons. The smallest absolute Gasteiger partial charge is 0.244 e. The number of halogens is 4.